The van der Waals surface area contributed by atoms with Crippen molar-refractivity contribution in [1.82, 2.24) is 0 Å². The summed E-state index contributed by atoms with van der Waals surface area (Å²) in [6, 6.07) is 2.67. The van der Waals surface area contributed by atoms with Gasteiger partial charge in [0.1, 0.15) is 0 Å². The Labute approximate surface area is 85.5 Å². The molecule has 0 saturated carbocycles. The third-order valence-corrected chi connectivity index (χ3v) is 2.03. The Kier molecular flexibility index (Phi) is 3.14. The molecule has 0 bridgehead atoms. The van der Waals surface area contributed by atoms with E-state index < -0.39 is 4.92 Å². The molecular formula is C8H9ClN2O3. The smallest absolute Gasteiger partial charge is 0.291 e. The standard InChI is InChI=1S/C8H9ClN2O3/c1-2-10-5-3-4-6(11(13)14)7(9)8(5)12/h3-4,10,12H,2H2,1H3. The monoisotopic (exact) mass is 216 g/mol. The van der Waals surface area contributed by atoms with E-state index in [0.717, 1.165) is 0 Å². The van der Waals surface area contributed by atoms with Gasteiger partial charge in [-0.1, -0.05) is 11.6 Å². The van der Waals surface area contributed by atoms with Gasteiger partial charge in [0.25, 0.3) is 5.69 Å². The van der Waals surface area contributed by atoms with E-state index in [1.165, 1.54) is 12.1 Å². The number of phenolic OH excluding ortho intramolecular Hbond substituents is 1. The van der Waals surface area contributed by atoms with Gasteiger partial charge in [0.2, 0.25) is 0 Å². The molecular weight excluding hydrogens is 208 g/mol. The molecule has 0 aliphatic rings. The van der Waals surface area contributed by atoms with Gasteiger partial charge >= 0.3 is 0 Å². The van der Waals surface area contributed by atoms with Crippen LogP contribution in [0.15, 0.2) is 12.1 Å². The highest BCUT2D eigenvalue weighted by molar-refractivity contribution is 6.34. The van der Waals surface area contributed by atoms with Crippen molar-refractivity contribution in [3.05, 3.63) is 27.3 Å². The second kappa shape index (κ2) is 4.15. The van der Waals surface area contributed by atoms with Gasteiger partial charge < -0.3 is 10.4 Å². The molecule has 1 rings (SSSR count). The van der Waals surface area contributed by atoms with Crippen molar-refractivity contribution in [2.75, 3.05) is 11.9 Å². The van der Waals surface area contributed by atoms with E-state index in [1.54, 1.807) is 0 Å². The maximum Gasteiger partial charge on any atom is 0.291 e. The van der Waals surface area contributed by atoms with Crippen LogP contribution in [0.25, 0.3) is 0 Å². The highest BCUT2D eigenvalue weighted by Crippen LogP contribution is 2.38. The number of benzene rings is 1. The number of phenols is 1. The lowest BCUT2D eigenvalue weighted by Crippen LogP contribution is -1.98. The topological polar surface area (TPSA) is 75.4 Å². The van der Waals surface area contributed by atoms with E-state index in [2.05, 4.69) is 5.32 Å². The molecule has 1 aromatic carbocycles. The number of aromatic hydroxyl groups is 1. The SMILES string of the molecule is CCNc1ccc([N+](=O)[O-])c(Cl)c1O. The molecule has 0 spiro atoms. The Bertz CT molecular complexity index is 368. The van der Waals surface area contributed by atoms with Crippen LogP contribution in [0.1, 0.15) is 6.92 Å². The van der Waals surface area contributed by atoms with Gasteiger partial charge in [0.15, 0.2) is 10.8 Å². The molecule has 0 aromatic heterocycles. The first kappa shape index (κ1) is 10.6. The Hall–Kier alpha value is -1.49. The largest absolute Gasteiger partial charge is 0.504 e. The fourth-order valence-electron chi connectivity index (χ4n) is 1.03. The molecule has 1 aromatic rings. The summed E-state index contributed by atoms with van der Waals surface area (Å²) in [6.45, 7) is 2.44. The van der Waals surface area contributed by atoms with Crippen molar-refractivity contribution in [3.63, 3.8) is 0 Å². The van der Waals surface area contributed by atoms with Crippen LogP contribution in [0.3, 0.4) is 0 Å². The predicted octanol–water partition coefficient (Wildman–Crippen LogP) is 2.39. The average Bonchev–Trinajstić information content (AvgIpc) is 2.13. The zero-order valence-corrected chi connectivity index (χ0v) is 8.21. The van der Waals surface area contributed by atoms with E-state index in [0.29, 0.717) is 12.2 Å². The van der Waals surface area contributed by atoms with Crippen LogP contribution in [-0.4, -0.2) is 16.6 Å². The predicted molar refractivity (Wildman–Crippen MR) is 53.9 cm³/mol. The summed E-state index contributed by atoms with van der Waals surface area (Å²) in [5.41, 5.74) is 0.0916. The number of anilines is 1. The van der Waals surface area contributed by atoms with Gasteiger partial charge in [-0.2, -0.15) is 0 Å². The molecule has 76 valence electrons. The number of nitrogens with zero attached hydrogens (tertiary/aromatic N) is 1. The van der Waals surface area contributed by atoms with Crippen molar-refractivity contribution in [2.24, 2.45) is 0 Å². The summed E-state index contributed by atoms with van der Waals surface area (Å²) in [7, 11) is 0. The summed E-state index contributed by atoms with van der Waals surface area (Å²) >= 11 is 5.60. The number of nitrogens with one attached hydrogen (secondary N) is 1. The van der Waals surface area contributed by atoms with Crippen molar-refractivity contribution < 1.29 is 10.0 Å². The molecule has 0 fully saturated rings. The van der Waals surface area contributed by atoms with Crippen molar-refractivity contribution >= 4 is 23.0 Å². The van der Waals surface area contributed by atoms with Crippen molar-refractivity contribution in [1.29, 1.82) is 0 Å². The summed E-state index contributed by atoms with van der Waals surface area (Å²) in [5.74, 6) is -0.289. The molecule has 6 heteroatoms. The van der Waals surface area contributed by atoms with Gasteiger partial charge in [-0.25, -0.2) is 0 Å². The van der Waals surface area contributed by atoms with Crippen molar-refractivity contribution in [3.8, 4) is 5.75 Å². The van der Waals surface area contributed by atoms with Gasteiger partial charge in [-0.15, -0.1) is 0 Å². The number of nitro groups is 1. The van der Waals surface area contributed by atoms with Gasteiger partial charge in [0, 0.05) is 12.6 Å². The Morgan fingerprint density at radius 2 is 2.29 bits per heavy atom. The Morgan fingerprint density at radius 3 is 2.79 bits per heavy atom. The lowest BCUT2D eigenvalue weighted by atomic mass is 10.2. The van der Waals surface area contributed by atoms with Gasteiger partial charge in [0.05, 0.1) is 10.6 Å². The fraction of sp³-hybridized carbons (Fsp3) is 0.250. The molecule has 2 N–H and O–H groups in total. The van der Waals surface area contributed by atoms with E-state index in [4.69, 9.17) is 11.6 Å². The third-order valence-electron chi connectivity index (χ3n) is 1.66. The van der Waals surface area contributed by atoms with E-state index in [9.17, 15) is 15.2 Å². The van der Waals surface area contributed by atoms with Crippen LogP contribution < -0.4 is 5.32 Å². The summed E-state index contributed by atoms with van der Waals surface area (Å²) < 4.78 is 0. The van der Waals surface area contributed by atoms with Gasteiger partial charge in [-0.3, -0.25) is 10.1 Å². The molecule has 0 unspecified atom stereocenters. The number of halogens is 1. The van der Waals surface area contributed by atoms with Crippen LogP contribution >= 0.6 is 11.6 Å². The first-order valence-corrected chi connectivity index (χ1v) is 4.35. The lowest BCUT2D eigenvalue weighted by Gasteiger charge is -2.06. The summed E-state index contributed by atoms with van der Waals surface area (Å²) in [4.78, 5) is 9.79. The normalized spacial score (nSPS) is 9.86. The molecule has 0 radical (unpaired) electrons. The number of hydrogen-bond donors (Lipinski definition) is 2. The van der Waals surface area contributed by atoms with E-state index >= 15 is 0 Å². The molecule has 0 amide bonds. The highest BCUT2D eigenvalue weighted by atomic mass is 35.5. The minimum Gasteiger partial charge on any atom is -0.504 e. The van der Waals surface area contributed by atoms with Crippen LogP contribution in [0.4, 0.5) is 11.4 Å². The van der Waals surface area contributed by atoms with Crippen molar-refractivity contribution in [2.45, 2.75) is 6.92 Å². The number of hydrogen-bond acceptors (Lipinski definition) is 4. The molecule has 0 heterocycles. The summed E-state index contributed by atoms with van der Waals surface area (Å²) in [5, 5.41) is 22.5. The quantitative estimate of drug-likeness (QED) is 0.462. The zero-order chi connectivity index (χ0) is 10.7. The van der Waals surface area contributed by atoms with Gasteiger partial charge in [-0.05, 0) is 13.0 Å². The Balaban J connectivity index is 3.19. The van der Waals surface area contributed by atoms with Crippen LogP contribution in [0, 0.1) is 10.1 Å². The second-order valence-electron chi connectivity index (χ2n) is 2.58. The number of nitro benzene ring substituents is 1. The van der Waals surface area contributed by atoms with Crippen LogP contribution in [-0.2, 0) is 0 Å². The zero-order valence-electron chi connectivity index (χ0n) is 7.45. The third kappa shape index (κ3) is 1.88. The summed E-state index contributed by atoms with van der Waals surface area (Å²) in [6.07, 6.45) is 0. The highest BCUT2D eigenvalue weighted by Gasteiger charge is 2.18. The molecule has 0 saturated heterocycles. The maximum atomic E-state index is 10.4. The first-order chi connectivity index (χ1) is 6.57. The first-order valence-electron chi connectivity index (χ1n) is 3.97. The number of rotatable bonds is 3. The van der Waals surface area contributed by atoms with Crippen LogP contribution in [0.2, 0.25) is 5.02 Å². The minimum atomic E-state index is -0.641. The fourth-order valence-corrected chi connectivity index (χ4v) is 1.26. The molecule has 0 aliphatic heterocycles. The average molecular weight is 217 g/mol. The molecule has 0 atom stereocenters. The maximum absolute atomic E-state index is 10.4. The van der Waals surface area contributed by atoms with Crippen LogP contribution in [0.5, 0.6) is 5.75 Å². The lowest BCUT2D eigenvalue weighted by molar-refractivity contribution is -0.384. The second-order valence-corrected chi connectivity index (χ2v) is 2.96. The Morgan fingerprint density at radius 1 is 1.64 bits per heavy atom. The minimum absolute atomic E-state index is 0.242. The molecule has 5 nitrogen and oxygen atoms in total. The van der Waals surface area contributed by atoms with E-state index in [1.807, 2.05) is 6.92 Å². The van der Waals surface area contributed by atoms with E-state index in [-0.39, 0.29) is 16.5 Å². The molecule has 14 heavy (non-hydrogen) atoms. The molecule has 0 aliphatic carbocycles.